The highest BCUT2D eigenvalue weighted by Gasteiger charge is 2.29. The van der Waals surface area contributed by atoms with Crippen LogP contribution in [-0.4, -0.2) is 46.0 Å². The van der Waals surface area contributed by atoms with Gasteiger partial charge in [-0.1, -0.05) is 24.3 Å². The Morgan fingerprint density at radius 3 is 2.88 bits per heavy atom. The van der Waals surface area contributed by atoms with Gasteiger partial charge in [0.1, 0.15) is 6.04 Å². The predicted octanol–water partition coefficient (Wildman–Crippen LogP) is 1.91. The molecule has 1 aliphatic heterocycles. The lowest BCUT2D eigenvalue weighted by Crippen LogP contribution is -2.51. The van der Waals surface area contributed by atoms with Gasteiger partial charge >= 0.3 is 0 Å². The van der Waals surface area contributed by atoms with E-state index in [2.05, 4.69) is 16.4 Å². The number of thiophene rings is 1. The number of nitrogens with zero attached hydrogens (tertiary/aromatic N) is 1. The van der Waals surface area contributed by atoms with E-state index < -0.39 is 12.6 Å². The average Bonchev–Trinajstić information content (AvgIpc) is 3.32. The summed E-state index contributed by atoms with van der Waals surface area (Å²) in [7, 11) is 0. The normalized spacial score (nSPS) is 14.9. The zero-order chi connectivity index (χ0) is 18.1. The van der Waals surface area contributed by atoms with Crippen molar-refractivity contribution in [2.75, 3.05) is 13.2 Å². The van der Waals surface area contributed by atoms with Crippen LogP contribution in [0.2, 0.25) is 0 Å². The maximum Gasteiger partial charge on any atom is 0.262 e. The fourth-order valence-corrected chi connectivity index (χ4v) is 4.05. The predicted molar refractivity (Wildman–Crippen MR) is 100 cm³/mol. The third kappa shape index (κ3) is 3.00. The zero-order valence-corrected chi connectivity index (χ0v) is 14.9. The second-order valence-electron chi connectivity index (χ2n) is 6.32. The number of para-hydroxylation sites is 1. The number of aromatic nitrogens is 1. The van der Waals surface area contributed by atoms with Gasteiger partial charge in [0.15, 0.2) is 0 Å². The number of amides is 2. The molecular weight excluding hydrogens is 350 g/mol. The Balaban J connectivity index is 1.50. The highest BCUT2D eigenvalue weighted by molar-refractivity contribution is 7.12. The Kier molecular flexibility index (Phi) is 4.48. The standard InChI is InChI=1S/C19H19N3O3S/c23-11-16(21-18(24)17-6-3-9-26-17)19(25)22-8-7-13-12-4-1-2-5-14(12)20-15(13)10-22/h1-6,9,16,20,23H,7-8,10-11H2,(H,21,24)/t16-/m0/s1. The molecule has 0 radical (unpaired) electrons. The van der Waals surface area contributed by atoms with Crippen molar-refractivity contribution in [3.63, 3.8) is 0 Å². The van der Waals surface area contributed by atoms with E-state index in [1.807, 2.05) is 18.2 Å². The van der Waals surface area contributed by atoms with Gasteiger partial charge in [-0.2, -0.15) is 0 Å². The summed E-state index contributed by atoms with van der Waals surface area (Å²) >= 11 is 1.30. The molecule has 0 bridgehead atoms. The molecule has 1 aliphatic rings. The minimum Gasteiger partial charge on any atom is -0.394 e. The lowest BCUT2D eigenvalue weighted by molar-refractivity contribution is -0.135. The third-order valence-electron chi connectivity index (χ3n) is 4.73. The minimum absolute atomic E-state index is 0.262. The van der Waals surface area contributed by atoms with Crippen LogP contribution in [0.4, 0.5) is 0 Å². The Hall–Kier alpha value is -2.64. The fraction of sp³-hybridized carbons (Fsp3) is 0.263. The highest BCUT2D eigenvalue weighted by atomic mass is 32.1. The van der Waals surface area contributed by atoms with E-state index in [0.717, 1.165) is 17.6 Å². The maximum atomic E-state index is 12.8. The molecule has 4 rings (SSSR count). The molecule has 3 N–H and O–H groups in total. The highest BCUT2D eigenvalue weighted by Crippen LogP contribution is 2.27. The molecule has 1 atom stereocenters. The van der Waals surface area contributed by atoms with Crippen LogP contribution < -0.4 is 5.32 Å². The van der Waals surface area contributed by atoms with Crippen molar-refractivity contribution in [1.82, 2.24) is 15.2 Å². The van der Waals surface area contributed by atoms with Gasteiger partial charge in [-0.3, -0.25) is 9.59 Å². The van der Waals surface area contributed by atoms with Crippen LogP contribution in [-0.2, 0) is 17.8 Å². The van der Waals surface area contributed by atoms with Crippen molar-refractivity contribution in [3.05, 3.63) is 57.9 Å². The van der Waals surface area contributed by atoms with Crippen LogP contribution in [0.25, 0.3) is 10.9 Å². The molecule has 1 aromatic carbocycles. The number of carbonyl (C=O) groups excluding carboxylic acids is 2. The van der Waals surface area contributed by atoms with Crippen molar-refractivity contribution in [3.8, 4) is 0 Å². The first-order valence-corrected chi connectivity index (χ1v) is 9.38. The van der Waals surface area contributed by atoms with Gasteiger partial charge in [0.25, 0.3) is 5.91 Å². The van der Waals surface area contributed by atoms with Crippen molar-refractivity contribution in [2.24, 2.45) is 0 Å². The van der Waals surface area contributed by atoms with Gasteiger partial charge in [-0.15, -0.1) is 11.3 Å². The third-order valence-corrected chi connectivity index (χ3v) is 5.59. The summed E-state index contributed by atoms with van der Waals surface area (Å²) in [6, 6.07) is 10.6. The Bertz CT molecular complexity index is 948. The van der Waals surface area contributed by atoms with Gasteiger partial charge in [-0.25, -0.2) is 0 Å². The second kappa shape index (κ2) is 6.93. The quantitative estimate of drug-likeness (QED) is 0.657. The molecule has 7 heteroatoms. The summed E-state index contributed by atoms with van der Waals surface area (Å²) < 4.78 is 0. The maximum absolute atomic E-state index is 12.8. The molecule has 3 aromatic rings. The number of aliphatic hydroxyl groups excluding tert-OH is 1. The molecule has 3 heterocycles. The summed E-state index contributed by atoms with van der Waals surface area (Å²) in [6.45, 7) is 0.597. The van der Waals surface area contributed by atoms with E-state index in [0.29, 0.717) is 18.0 Å². The van der Waals surface area contributed by atoms with E-state index in [4.69, 9.17) is 0 Å². The molecule has 0 fully saturated rings. The van der Waals surface area contributed by atoms with Crippen molar-refractivity contribution < 1.29 is 14.7 Å². The molecule has 2 aromatic heterocycles. The number of fused-ring (bicyclic) bond motifs is 3. The van der Waals surface area contributed by atoms with E-state index in [9.17, 15) is 14.7 Å². The largest absolute Gasteiger partial charge is 0.394 e. The number of aliphatic hydroxyl groups is 1. The summed E-state index contributed by atoms with van der Waals surface area (Å²) in [5, 5.41) is 15.2. The molecule has 0 spiro atoms. The molecule has 6 nitrogen and oxygen atoms in total. The van der Waals surface area contributed by atoms with Crippen LogP contribution in [0.15, 0.2) is 41.8 Å². The lowest BCUT2D eigenvalue weighted by atomic mass is 10.0. The number of aromatic amines is 1. The molecule has 2 amide bonds. The van der Waals surface area contributed by atoms with E-state index in [1.165, 1.54) is 22.3 Å². The molecule has 0 saturated carbocycles. The Morgan fingerprint density at radius 1 is 1.27 bits per heavy atom. The van der Waals surface area contributed by atoms with Gasteiger partial charge in [-0.05, 0) is 29.5 Å². The summed E-state index contributed by atoms with van der Waals surface area (Å²) in [5.74, 6) is -0.600. The molecule has 26 heavy (non-hydrogen) atoms. The van der Waals surface area contributed by atoms with Crippen molar-refractivity contribution >= 4 is 34.1 Å². The molecular formula is C19H19N3O3S. The summed E-state index contributed by atoms with van der Waals surface area (Å²) in [5.41, 5.74) is 3.33. The van der Waals surface area contributed by atoms with Gasteiger partial charge in [0.2, 0.25) is 5.91 Å². The van der Waals surface area contributed by atoms with E-state index >= 15 is 0 Å². The number of rotatable bonds is 4. The number of hydrogen-bond acceptors (Lipinski definition) is 4. The fourth-order valence-electron chi connectivity index (χ4n) is 3.42. The molecule has 0 saturated heterocycles. The average molecular weight is 369 g/mol. The number of H-pyrrole nitrogens is 1. The zero-order valence-electron chi connectivity index (χ0n) is 14.1. The molecule has 0 aliphatic carbocycles. The minimum atomic E-state index is -0.935. The monoisotopic (exact) mass is 369 g/mol. The number of nitrogens with one attached hydrogen (secondary N) is 2. The van der Waals surface area contributed by atoms with Crippen molar-refractivity contribution in [2.45, 2.75) is 19.0 Å². The van der Waals surface area contributed by atoms with Crippen LogP contribution in [0.3, 0.4) is 0 Å². The number of carbonyl (C=O) groups is 2. The lowest BCUT2D eigenvalue weighted by Gasteiger charge is -2.30. The second-order valence-corrected chi connectivity index (χ2v) is 7.27. The van der Waals surface area contributed by atoms with Crippen molar-refractivity contribution in [1.29, 1.82) is 0 Å². The van der Waals surface area contributed by atoms with Crippen LogP contribution in [0.1, 0.15) is 20.9 Å². The van der Waals surface area contributed by atoms with Crippen LogP contribution in [0.5, 0.6) is 0 Å². The van der Waals surface area contributed by atoms with E-state index in [1.54, 1.807) is 22.4 Å². The first-order valence-electron chi connectivity index (χ1n) is 8.50. The SMILES string of the molecule is O=C(N[C@@H](CO)C(=O)N1CCc2c([nH]c3ccccc23)C1)c1cccs1. The molecule has 0 unspecified atom stereocenters. The van der Waals surface area contributed by atoms with Gasteiger partial charge < -0.3 is 20.3 Å². The summed E-state index contributed by atoms with van der Waals surface area (Å²) in [6.07, 6.45) is 0.752. The Labute approximate surface area is 154 Å². The van der Waals surface area contributed by atoms with E-state index in [-0.39, 0.29) is 11.8 Å². The first-order chi connectivity index (χ1) is 12.7. The smallest absolute Gasteiger partial charge is 0.262 e. The van der Waals surface area contributed by atoms with Gasteiger partial charge in [0.05, 0.1) is 18.0 Å². The Morgan fingerprint density at radius 2 is 2.12 bits per heavy atom. The van der Waals surface area contributed by atoms with Crippen LogP contribution >= 0.6 is 11.3 Å². The van der Waals surface area contributed by atoms with Gasteiger partial charge in [0, 0.05) is 23.1 Å². The number of hydrogen-bond donors (Lipinski definition) is 3. The topological polar surface area (TPSA) is 85.4 Å². The molecule has 134 valence electrons. The number of benzene rings is 1. The summed E-state index contributed by atoms with van der Waals surface area (Å²) in [4.78, 5) is 30.6. The van der Waals surface area contributed by atoms with Crippen LogP contribution in [0, 0.1) is 0 Å². The first kappa shape index (κ1) is 16.8.